The molecule has 15 heavy (non-hydrogen) atoms. The van der Waals surface area contributed by atoms with Crippen LogP contribution in [0.15, 0.2) is 27.7 Å². The van der Waals surface area contributed by atoms with E-state index in [9.17, 15) is 0 Å². The molecule has 0 spiro atoms. The average molecular weight is 269 g/mol. The molecule has 80 valence electrons. The summed E-state index contributed by atoms with van der Waals surface area (Å²) < 4.78 is 6.75. The van der Waals surface area contributed by atoms with E-state index in [0.29, 0.717) is 6.61 Å². The summed E-state index contributed by atoms with van der Waals surface area (Å²) in [4.78, 5) is 4.27. The highest BCUT2D eigenvalue weighted by atomic mass is 79.9. The lowest BCUT2D eigenvalue weighted by atomic mass is 10.2. The van der Waals surface area contributed by atoms with Crippen LogP contribution in [0.1, 0.15) is 5.56 Å². The molecular weight excluding hydrogens is 256 g/mol. The lowest BCUT2D eigenvalue weighted by Gasteiger charge is -2.10. The Bertz CT molecular complexity index is 390. The predicted molar refractivity (Wildman–Crippen MR) is 64.7 cm³/mol. The van der Waals surface area contributed by atoms with Gasteiger partial charge in [-0.1, -0.05) is 22.0 Å². The summed E-state index contributed by atoms with van der Waals surface area (Å²) in [5, 5.41) is 3.17. The predicted octanol–water partition coefficient (Wildman–Crippen LogP) is 2.14. The number of ether oxygens (including phenoxy) is 1. The number of hydrogen-bond acceptors (Lipinski definition) is 3. The van der Waals surface area contributed by atoms with E-state index in [1.54, 1.807) is 0 Å². The molecule has 1 aromatic rings. The SMILES string of the molecule is Cc1c(Br)cccc1OCC1=NCCN1. The minimum Gasteiger partial charge on any atom is -0.485 e. The molecule has 0 bridgehead atoms. The number of benzene rings is 1. The Hall–Kier alpha value is -1.03. The van der Waals surface area contributed by atoms with Gasteiger partial charge in [0.2, 0.25) is 0 Å². The molecule has 0 fully saturated rings. The van der Waals surface area contributed by atoms with E-state index >= 15 is 0 Å². The second-order valence-corrected chi connectivity index (χ2v) is 4.26. The van der Waals surface area contributed by atoms with Gasteiger partial charge in [0.05, 0.1) is 6.54 Å². The van der Waals surface area contributed by atoms with Crippen molar-refractivity contribution in [3.8, 4) is 5.75 Å². The van der Waals surface area contributed by atoms with Gasteiger partial charge in [-0.25, -0.2) is 0 Å². The van der Waals surface area contributed by atoms with Gasteiger partial charge in [0, 0.05) is 16.6 Å². The van der Waals surface area contributed by atoms with Gasteiger partial charge in [-0.15, -0.1) is 0 Å². The second-order valence-electron chi connectivity index (χ2n) is 3.41. The summed E-state index contributed by atoms with van der Waals surface area (Å²) >= 11 is 3.47. The molecule has 4 heteroatoms. The van der Waals surface area contributed by atoms with Gasteiger partial charge in [-0.2, -0.15) is 0 Å². The molecule has 0 radical (unpaired) electrons. The van der Waals surface area contributed by atoms with Crippen LogP contribution in [-0.4, -0.2) is 25.5 Å². The standard InChI is InChI=1S/C11H13BrN2O/c1-8-9(12)3-2-4-10(8)15-7-11-13-5-6-14-11/h2-4H,5-7H2,1H3,(H,13,14). The Morgan fingerprint density at radius 3 is 3.13 bits per heavy atom. The molecule has 0 saturated heterocycles. The molecule has 1 aliphatic heterocycles. The molecule has 0 atom stereocenters. The van der Waals surface area contributed by atoms with Crippen LogP contribution in [0.25, 0.3) is 0 Å². The van der Waals surface area contributed by atoms with Crippen LogP contribution in [0.2, 0.25) is 0 Å². The van der Waals surface area contributed by atoms with E-state index in [4.69, 9.17) is 4.74 Å². The van der Waals surface area contributed by atoms with Crippen LogP contribution < -0.4 is 10.1 Å². The first-order valence-corrected chi connectivity index (χ1v) is 5.72. The van der Waals surface area contributed by atoms with Crippen LogP contribution in [0, 0.1) is 6.92 Å². The van der Waals surface area contributed by atoms with E-state index < -0.39 is 0 Å². The molecule has 0 saturated carbocycles. The van der Waals surface area contributed by atoms with E-state index in [-0.39, 0.29) is 0 Å². The average Bonchev–Trinajstić information content (AvgIpc) is 2.73. The van der Waals surface area contributed by atoms with Crippen molar-refractivity contribution in [1.29, 1.82) is 0 Å². The third kappa shape index (κ3) is 2.50. The topological polar surface area (TPSA) is 33.6 Å². The molecule has 1 aromatic carbocycles. The largest absolute Gasteiger partial charge is 0.485 e. The third-order valence-corrected chi connectivity index (χ3v) is 3.18. The number of aliphatic imine (C=N–C) groups is 1. The maximum atomic E-state index is 5.68. The highest BCUT2D eigenvalue weighted by Gasteiger charge is 2.07. The fourth-order valence-electron chi connectivity index (χ4n) is 1.43. The summed E-state index contributed by atoms with van der Waals surface area (Å²) in [6.07, 6.45) is 0. The smallest absolute Gasteiger partial charge is 0.145 e. The zero-order chi connectivity index (χ0) is 10.7. The molecule has 0 amide bonds. The number of rotatable bonds is 3. The van der Waals surface area contributed by atoms with Gasteiger partial charge in [0.25, 0.3) is 0 Å². The molecule has 2 rings (SSSR count). The van der Waals surface area contributed by atoms with Crippen molar-refractivity contribution in [3.05, 3.63) is 28.2 Å². The first-order chi connectivity index (χ1) is 7.27. The third-order valence-electron chi connectivity index (χ3n) is 2.33. The molecule has 0 unspecified atom stereocenters. The van der Waals surface area contributed by atoms with Crippen LogP contribution in [0.5, 0.6) is 5.75 Å². The normalized spacial score (nSPS) is 14.7. The van der Waals surface area contributed by atoms with Crippen molar-refractivity contribution >= 4 is 21.8 Å². The maximum Gasteiger partial charge on any atom is 0.145 e. The molecule has 0 aromatic heterocycles. The minimum atomic E-state index is 0.525. The Balaban J connectivity index is 2.01. The zero-order valence-corrected chi connectivity index (χ0v) is 10.2. The highest BCUT2D eigenvalue weighted by Crippen LogP contribution is 2.25. The van der Waals surface area contributed by atoms with Gasteiger partial charge in [-0.3, -0.25) is 4.99 Å². The molecule has 3 nitrogen and oxygen atoms in total. The summed E-state index contributed by atoms with van der Waals surface area (Å²) in [6.45, 7) is 4.34. The van der Waals surface area contributed by atoms with Gasteiger partial charge >= 0.3 is 0 Å². The summed E-state index contributed by atoms with van der Waals surface area (Å²) in [7, 11) is 0. The van der Waals surface area contributed by atoms with Crippen molar-refractivity contribution in [3.63, 3.8) is 0 Å². The number of nitrogens with one attached hydrogen (secondary N) is 1. The summed E-state index contributed by atoms with van der Waals surface area (Å²) in [5.74, 6) is 1.84. The van der Waals surface area contributed by atoms with E-state index in [1.165, 1.54) is 0 Å². The van der Waals surface area contributed by atoms with Crippen LogP contribution in [0.3, 0.4) is 0 Å². The fourth-order valence-corrected chi connectivity index (χ4v) is 1.78. The van der Waals surface area contributed by atoms with Gasteiger partial charge in [0.15, 0.2) is 0 Å². The van der Waals surface area contributed by atoms with Gasteiger partial charge < -0.3 is 10.1 Å². The first-order valence-electron chi connectivity index (χ1n) is 4.92. The van der Waals surface area contributed by atoms with Crippen molar-refractivity contribution in [2.45, 2.75) is 6.92 Å². The number of halogens is 1. The molecular formula is C11H13BrN2O. The second kappa shape index (κ2) is 4.66. The van der Waals surface area contributed by atoms with Crippen LogP contribution >= 0.6 is 15.9 Å². The maximum absolute atomic E-state index is 5.68. The van der Waals surface area contributed by atoms with E-state index in [1.807, 2.05) is 25.1 Å². The summed E-state index contributed by atoms with van der Waals surface area (Å²) in [5.41, 5.74) is 1.12. The van der Waals surface area contributed by atoms with Gasteiger partial charge in [-0.05, 0) is 19.1 Å². The highest BCUT2D eigenvalue weighted by molar-refractivity contribution is 9.10. The van der Waals surface area contributed by atoms with Crippen LogP contribution in [0.4, 0.5) is 0 Å². The molecule has 0 aliphatic carbocycles. The Morgan fingerprint density at radius 2 is 2.40 bits per heavy atom. The Labute approximate surface area is 97.7 Å². The van der Waals surface area contributed by atoms with Crippen LogP contribution in [-0.2, 0) is 0 Å². The zero-order valence-electron chi connectivity index (χ0n) is 8.59. The number of nitrogens with zero attached hydrogens (tertiary/aromatic N) is 1. The lowest BCUT2D eigenvalue weighted by Crippen LogP contribution is -2.25. The van der Waals surface area contributed by atoms with E-state index in [2.05, 4.69) is 26.2 Å². The molecule has 1 N–H and O–H groups in total. The number of amidine groups is 1. The fraction of sp³-hybridized carbons (Fsp3) is 0.364. The first kappa shape index (κ1) is 10.5. The monoisotopic (exact) mass is 268 g/mol. The number of hydrogen-bond donors (Lipinski definition) is 1. The van der Waals surface area contributed by atoms with Crippen molar-refractivity contribution in [2.75, 3.05) is 19.7 Å². The van der Waals surface area contributed by atoms with E-state index in [0.717, 1.165) is 34.7 Å². The minimum absolute atomic E-state index is 0.525. The Kier molecular flexibility index (Phi) is 3.26. The van der Waals surface area contributed by atoms with Crippen molar-refractivity contribution < 1.29 is 4.74 Å². The molecule has 1 heterocycles. The summed E-state index contributed by atoms with van der Waals surface area (Å²) in [6, 6.07) is 5.94. The van der Waals surface area contributed by atoms with Crippen molar-refractivity contribution in [1.82, 2.24) is 5.32 Å². The molecule has 1 aliphatic rings. The van der Waals surface area contributed by atoms with Gasteiger partial charge in [0.1, 0.15) is 18.2 Å². The quantitative estimate of drug-likeness (QED) is 0.912. The lowest BCUT2D eigenvalue weighted by molar-refractivity contribution is 0.370. The van der Waals surface area contributed by atoms with Crippen molar-refractivity contribution in [2.24, 2.45) is 4.99 Å². The Morgan fingerprint density at radius 1 is 1.53 bits per heavy atom.